The van der Waals surface area contributed by atoms with Crippen LogP contribution in [-0.4, -0.2) is 48.9 Å². The monoisotopic (exact) mass is 453 g/mol. The molecule has 0 unspecified atom stereocenters. The molecule has 4 aliphatic rings. The van der Waals surface area contributed by atoms with Gasteiger partial charge in [-0.15, -0.1) is 0 Å². The molecule has 182 valence electrons. The van der Waals surface area contributed by atoms with Crippen molar-refractivity contribution in [2.24, 2.45) is 23.7 Å². The first kappa shape index (κ1) is 24.3. The number of hydrogen-bond acceptors (Lipinski definition) is 3. The van der Waals surface area contributed by atoms with E-state index >= 15 is 0 Å². The fourth-order valence-electron chi connectivity index (χ4n) is 7.19. The number of likely N-dealkylation sites (N-methyl/N-ethyl adjacent to an activating group) is 1. The van der Waals surface area contributed by atoms with Gasteiger partial charge in [-0.1, -0.05) is 39.8 Å². The summed E-state index contributed by atoms with van der Waals surface area (Å²) >= 11 is 0. The van der Waals surface area contributed by atoms with Crippen LogP contribution in [0.1, 0.15) is 82.1 Å². The number of hydrogen-bond donors (Lipinski definition) is 2. The van der Waals surface area contributed by atoms with Crippen LogP contribution in [-0.2, 0) is 10.2 Å². The maximum absolute atomic E-state index is 13.0. The Hall–Kier alpha value is -1.88. The Kier molecular flexibility index (Phi) is 7.47. The van der Waals surface area contributed by atoms with Crippen molar-refractivity contribution in [3.05, 3.63) is 35.4 Å². The van der Waals surface area contributed by atoms with Crippen molar-refractivity contribution in [2.75, 3.05) is 26.2 Å². The third kappa shape index (κ3) is 5.29. The highest BCUT2D eigenvalue weighted by molar-refractivity contribution is 5.97. The first-order valence-corrected chi connectivity index (χ1v) is 13.2. The summed E-state index contributed by atoms with van der Waals surface area (Å²) in [5.41, 5.74) is 2.41. The molecule has 0 radical (unpaired) electrons. The van der Waals surface area contributed by atoms with Gasteiger partial charge in [0.2, 0.25) is 5.91 Å². The molecule has 4 aliphatic carbocycles. The van der Waals surface area contributed by atoms with E-state index in [1.165, 1.54) is 44.1 Å². The zero-order valence-electron chi connectivity index (χ0n) is 21.0. The zero-order chi connectivity index (χ0) is 23.6. The first-order valence-electron chi connectivity index (χ1n) is 13.2. The third-order valence-electron chi connectivity index (χ3n) is 8.66. The average molecular weight is 454 g/mol. The molecule has 1 atom stereocenters. The SMILES string of the molecule is CCN(CC)CCNC(=O)[C@H](NC(=O)c1ccc(C23CC4CC(CC(C4)C2)C3)cc1)C(C)C. The number of benzene rings is 1. The minimum absolute atomic E-state index is 0.0219. The topological polar surface area (TPSA) is 61.4 Å². The largest absolute Gasteiger partial charge is 0.353 e. The van der Waals surface area contributed by atoms with Crippen molar-refractivity contribution in [2.45, 2.75) is 77.7 Å². The second kappa shape index (κ2) is 10.2. The molecule has 0 heterocycles. The molecule has 5 heteroatoms. The van der Waals surface area contributed by atoms with Gasteiger partial charge in [0.1, 0.15) is 6.04 Å². The van der Waals surface area contributed by atoms with E-state index in [1.54, 1.807) is 0 Å². The number of amides is 2. The van der Waals surface area contributed by atoms with Crippen molar-refractivity contribution >= 4 is 11.8 Å². The Bertz CT molecular complexity index is 793. The van der Waals surface area contributed by atoms with Gasteiger partial charge in [-0.25, -0.2) is 0 Å². The molecule has 4 fully saturated rings. The molecule has 33 heavy (non-hydrogen) atoms. The van der Waals surface area contributed by atoms with E-state index in [2.05, 4.69) is 41.5 Å². The van der Waals surface area contributed by atoms with Gasteiger partial charge in [0.25, 0.3) is 5.91 Å². The van der Waals surface area contributed by atoms with Crippen molar-refractivity contribution in [3.63, 3.8) is 0 Å². The molecule has 0 aliphatic heterocycles. The Morgan fingerprint density at radius 1 is 0.970 bits per heavy atom. The molecule has 0 saturated heterocycles. The molecule has 5 rings (SSSR count). The van der Waals surface area contributed by atoms with Gasteiger partial charge in [-0.2, -0.15) is 0 Å². The molecule has 2 amide bonds. The highest BCUT2D eigenvalue weighted by Gasteiger charge is 2.51. The standard InChI is InChI=1S/C28H43N3O2/c1-5-31(6-2)12-11-29-27(33)25(19(3)4)30-26(32)23-7-9-24(10-8-23)28-16-20-13-21(17-28)15-22(14-20)18-28/h7-10,19-22,25H,5-6,11-18H2,1-4H3,(H,29,33)(H,30,32)/t20?,21?,22?,25-,28?/m1/s1. The number of carbonyl (C=O) groups is 2. The van der Waals surface area contributed by atoms with Gasteiger partial charge in [-0.3, -0.25) is 9.59 Å². The maximum atomic E-state index is 13.0. The van der Waals surface area contributed by atoms with Crippen molar-refractivity contribution < 1.29 is 9.59 Å². The van der Waals surface area contributed by atoms with Crippen LogP contribution in [0.25, 0.3) is 0 Å². The first-order chi connectivity index (χ1) is 15.8. The molecule has 4 bridgehead atoms. The average Bonchev–Trinajstić information content (AvgIpc) is 2.79. The van der Waals surface area contributed by atoms with Crippen LogP contribution in [0, 0.1) is 23.7 Å². The lowest BCUT2D eigenvalue weighted by atomic mass is 9.48. The summed E-state index contributed by atoms with van der Waals surface area (Å²) in [6, 6.07) is 7.79. The Morgan fingerprint density at radius 3 is 2.00 bits per heavy atom. The lowest BCUT2D eigenvalue weighted by Crippen LogP contribution is -2.51. The second-order valence-electron chi connectivity index (χ2n) is 11.3. The van der Waals surface area contributed by atoms with Crippen LogP contribution in [0.2, 0.25) is 0 Å². The zero-order valence-corrected chi connectivity index (χ0v) is 21.0. The fourth-order valence-corrected chi connectivity index (χ4v) is 7.19. The summed E-state index contributed by atoms with van der Waals surface area (Å²) < 4.78 is 0. The minimum atomic E-state index is -0.531. The van der Waals surface area contributed by atoms with E-state index in [0.717, 1.165) is 37.4 Å². The molecule has 1 aromatic carbocycles. The summed E-state index contributed by atoms with van der Waals surface area (Å²) in [5, 5.41) is 6.00. The van der Waals surface area contributed by atoms with E-state index in [-0.39, 0.29) is 17.7 Å². The summed E-state index contributed by atoms with van der Waals surface area (Å²) in [4.78, 5) is 28.0. The second-order valence-corrected chi connectivity index (χ2v) is 11.3. The summed E-state index contributed by atoms with van der Waals surface area (Å²) in [5.74, 6) is 2.48. The molecule has 5 nitrogen and oxygen atoms in total. The van der Waals surface area contributed by atoms with Crippen LogP contribution in [0.4, 0.5) is 0 Å². The maximum Gasteiger partial charge on any atom is 0.251 e. The predicted molar refractivity (Wildman–Crippen MR) is 133 cm³/mol. The Balaban J connectivity index is 1.36. The van der Waals surface area contributed by atoms with Crippen molar-refractivity contribution in [1.82, 2.24) is 15.5 Å². The van der Waals surface area contributed by atoms with E-state index < -0.39 is 6.04 Å². The van der Waals surface area contributed by atoms with Gasteiger partial charge < -0.3 is 15.5 Å². The number of nitrogens with zero attached hydrogens (tertiary/aromatic N) is 1. The van der Waals surface area contributed by atoms with Crippen LogP contribution < -0.4 is 10.6 Å². The molecule has 4 saturated carbocycles. The highest BCUT2D eigenvalue weighted by atomic mass is 16.2. The Morgan fingerprint density at radius 2 is 1.52 bits per heavy atom. The van der Waals surface area contributed by atoms with Crippen molar-refractivity contribution in [1.29, 1.82) is 0 Å². The van der Waals surface area contributed by atoms with Crippen LogP contribution in [0.3, 0.4) is 0 Å². The summed E-state index contributed by atoms with van der Waals surface area (Å²) in [6.45, 7) is 11.6. The summed E-state index contributed by atoms with van der Waals surface area (Å²) in [7, 11) is 0. The highest BCUT2D eigenvalue weighted by Crippen LogP contribution is 2.60. The predicted octanol–water partition coefficient (Wildman–Crippen LogP) is 4.37. The number of nitrogens with one attached hydrogen (secondary N) is 2. The fraction of sp³-hybridized carbons (Fsp3) is 0.714. The molecular weight excluding hydrogens is 410 g/mol. The normalized spacial score (nSPS) is 28.8. The molecule has 1 aromatic rings. The Labute approximate surface area is 200 Å². The molecule has 2 N–H and O–H groups in total. The minimum Gasteiger partial charge on any atom is -0.353 e. The lowest BCUT2D eigenvalue weighted by Gasteiger charge is -2.57. The molecular formula is C28H43N3O2. The van der Waals surface area contributed by atoms with Crippen molar-refractivity contribution in [3.8, 4) is 0 Å². The van der Waals surface area contributed by atoms with E-state index in [4.69, 9.17) is 0 Å². The van der Waals surface area contributed by atoms with Gasteiger partial charge in [0.05, 0.1) is 0 Å². The van der Waals surface area contributed by atoms with Gasteiger partial charge in [-0.05, 0) is 98.4 Å². The quantitative estimate of drug-likeness (QED) is 0.553. The van der Waals surface area contributed by atoms with Crippen LogP contribution in [0.15, 0.2) is 24.3 Å². The van der Waals surface area contributed by atoms with Crippen LogP contribution in [0.5, 0.6) is 0 Å². The number of rotatable bonds is 10. The van der Waals surface area contributed by atoms with Gasteiger partial charge >= 0.3 is 0 Å². The molecule has 0 aromatic heterocycles. The molecule has 0 spiro atoms. The van der Waals surface area contributed by atoms with E-state index in [1.807, 2.05) is 26.0 Å². The van der Waals surface area contributed by atoms with Gasteiger partial charge in [0, 0.05) is 18.7 Å². The van der Waals surface area contributed by atoms with E-state index in [0.29, 0.717) is 17.5 Å². The third-order valence-corrected chi connectivity index (χ3v) is 8.66. The van der Waals surface area contributed by atoms with Gasteiger partial charge in [0.15, 0.2) is 0 Å². The summed E-state index contributed by atoms with van der Waals surface area (Å²) in [6.07, 6.45) is 8.29. The number of carbonyl (C=O) groups excluding carboxylic acids is 2. The van der Waals surface area contributed by atoms with E-state index in [9.17, 15) is 9.59 Å². The smallest absolute Gasteiger partial charge is 0.251 e. The lowest BCUT2D eigenvalue weighted by molar-refractivity contribution is -0.124. The van der Waals surface area contributed by atoms with Crippen LogP contribution >= 0.6 is 0 Å².